The van der Waals surface area contributed by atoms with Crippen LogP contribution in [0.4, 0.5) is 4.79 Å². The van der Waals surface area contributed by atoms with Crippen LogP contribution in [0, 0.1) is 23.2 Å². The summed E-state index contributed by atoms with van der Waals surface area (Å²) in [4.78, 5) is 37.0. The molecule has 0 spiro atoms. The second-order valence-corrected chi connectivity index (χ2v) is 7.75. The van der Waals surface area contributed by atoms with Crippen LogP contribution >= 0.6 is 0 Å². The maximum atomic E-state index is 12.2. The Hall–Kier alpha value is -1.39. The fourth-order valence-electron chi connectivity index (χ4n) is 5.91. The second-order valence-electron chi connectivity index (χ2n) is 7.75. The van der Waals surface area contributed by atoms with Gasteiger partial charge in [-0.05, 0) is 68.6 Å². The molecule has 5 nitrogen and oxygen atoms in total. The molecule has 1 aliphatic heterocycles. The number of carbonyl (C=O) groups is 3. The van der Waals surface area contributed by atoms with E-state index in [0.717, 1.165) is 37.0 Å². The second kappa shape index (κ2) is 4.31. The van der Waals surface area contributed by atoms with Crippen LogP contribution in [0.2, 0.25) is 0 Å². The Morgan fingerprint density at radius 2 is 1.57 bits per heavy atom. The zero-order valence-corrected chi connectivity index (χ0v) is 12.4. The minimum Gasteiger partial charge on any atom is -0.277 e. The molecular formula is C16H22N2O3. The van der Waals surface area contributed by atoms with Crippen molar-refractivity contribution in [2.24, 2.45) is 23.2 Å². The van der Waals surface area contributed by atoms with E-state index < -0.39 is 11.9 Å². The third-order valence-electron chi connectivity index (χ3n) is 6.40. The Balaban J connectivity index is 1.62. The largest absolute Gasteiger partial charge is 0.331 e. The Bertz CT molecular complexity index is 472. The zero-order chi connectivity index (χ0) is 14.8. The lowest BCUT2D eigenvalue weighted by Crippen LogP contribution is -2.63. The average molecular weight is 290 g/mol. The van der Waals surface area contributed by atoms with Gasteiger partial charge >= 0.3 is 6.03 Å². The Morgan fingerprint density at radius 1 is 1.05 bits per heavy atom. The molecule has 0 aromatic carbocycles. The van der Waals surface area contributed by atoms with Crippen LogP contribution in [-0.2, 0) is 9.59 Å². The van der Waals surface area contributed by atoms with E-state index in [1.54, 1.807) is 0 Å². The van der Waals surface area contributed by atoms with Gasteiger partial charge in [0.05, 0.1) is 0 Å². The molecule has 1 N–H and O–H groups in total. The lowest BCUT2D eigenvalue weighted by atomic mass is 9.47. The van der Waals surface area contributed by atoms with Gasteiger partial charge in [0.15, 0.2) is 0 Å². The molecule has 5 rings (SSSR count). The lowest BCUT2D eigenvalue weighted by molar-refractivity contribution is -0.145. The van der Waals surface area contributed by atoms with Gasteiger partial charge in [-0.3, -0.25) is 19.8 Å². The first-order valence-corrected chi connectivity index (χ1v) is 8.13. The van der Waals surface area contributed by atoms with Crippen molar-refractivity contribution in [3.63, 3.8) is 0 Å². The fourth-order valence-corrected chi connectivity index (χ4v) is 5.91. The van der Waals surface area contributed by atoms with E-state index in [1.807, 2.05) is 6.92 Å². The SMILES string of the molecule is CC(N1C(=O)CC(=O)NC1=O)C12CC3CC(CC(C3)C1)C2. The summed E-state index contributed by atoms with van der Waals surface area (Å²) in [5.41, 5.74) is 0.0993. The topological polar surface area (TPSA) is 66.5 Å². The molecule has 5 aliphatic rings. The first-order chi connectivity index (χ1) is 9.97. The van der Waals surface area contributed by atoms with E-state index in [1.165, 1.54) is 24.2 Å². The third kappa shape index (κ3) is 1.93. The van der Waals surface area contributed by atoms with Crippen molar-refractivity contribution in [2.45, 2.75) is 57.9 Å². The number of hydrogen-bond acceptors (Lipinski definition) is 3. The third-order valence-corrected chi connectivity index (χ3v) is 6.40. The van der Waals surface area contributed by atoms with Gasteiger partial charge in [-0.25, -0.2) is 4.79 Å². The zero-order valence-electron chi connectivity index (χ0n) is 12.4. The molecule has 4 aliphatic carbocycles. The minimum atomic E-state index is -0.514. The van der Waals surface area contributed by atoms with Crippen LogP contribution in [-0.4, -0.2) is 28.8 Å². The smallest absolute Gasteiger partial charge is 0.277 e. The Kier molecular flexibility index (Phi) is 2.72. The number of barbiturate groups is 1. The van der Waals surface area contributed by atoms with Crippen molar-refractivity contribution >= 4 is 17.8 Å². The van der Waals surface area contributed by atoms with Crippen molar-refractivity contribution in [1.29, 1.82) is 0 Å². The molecule has 5 fully saturated rings. The number of nitrogens with one attached hydrogen (secondary N) is 1. The molecule has 1 unspecified atom stereocenters. The highest BCUT2D eigenvalue weighted by molar-refractivity contribution is 6.14. The standard InChI is InChI=1S/C16H22N2O3/c1-9(18-14(20)5-13(19)17-15(18)21)16-6-10-2-11(7-16)4-12(3-10)8-16/h9-12H,2-8H2,1H3,(H,17,19,21). The van der Waals surface area contributed by atoms with E-state index >= 15 is 0 Å². The number of nitrogens with zero attached hydrogens (tertiary/aromatic N) is 1. The Labute approximate surface area is 124 Å². The number of urea groups is 1. The molecule has 0 aromatic rings. The maximum Gasteiger partial charge on any atom is 0.331 e. The summed E-state index contributed by atoms with van der Waals surface area (Å²) in [5.74, 6) is 1.54. The van der Waals surface area contributed by atoms with Crippen LogP contribution < -0.4 is 5.32 Å². The van der Waals surface area contributed by atoms with E-state index in [2.05, 4.69) is 5.32 Å². The van der Waals surface area contributed by atoms with Gasteiger partial charge < -0.3 is 0 Å². The number of amides is 4. The van der Waals surface area contributed by atoms with E-state index in [-0.39, 0.29) is 23.8 Å². The summed E-state index contributed by atoms with van der Waals surface area (Å²) >= 11 is 0. The van der Waals surface area contributed by atoms with Gasteiger partial charge in [-0.1, -0.05) is 0 Å². The van der Waals surface area contributed by atoms with Gasteiger partial charge in [-0.2, -0.15) is 0 Å². The number of imide groups is 2. The van der Waals surface area contributed by atoms with Crippen molar-refractivity contribution in [2.75, 3.05) is 0 Å². The molecule has 0 aromatic heterocycles. The first kappa shape index (κ1) is 13.3. The monoisotopic (exact) mass is 290 g/mol. The molecular weight excluding hydrogens is 268 g/mol. The lowest BCUT2D eigenvalue weighted by Gasteiger charge is -2.60. The molecule has 0 radical (unpaired) electrons. The van der Waals surface area contributed by atoms with Crippen LogP contribution in [0.3, 0.4) is 0 Å². The van der Waals surface area contributed by atoms with Gasteiger partial charge in [0.1, 0.15) is 6.42 Å². The van der Waals surface area contributed by atoms with Crippen LogP contribution in [0.15, 0.2) is 0 Å². The molecule has 5 heteroatoms. The molecule has 4 amide bonds. The van der Waals surface area contributed by atoms with Crippen LogP contribution in [0.25, 0.3) is 0 Å². The van der Waals surface area contributed by atoms with Crippen molar-refractivity contribution < 1.29 is 14.4 Å². The van der Waals surface area contributed by atoms with Crippen molar-refractivity contribution in [3.8, 4) is 0 Å². The summed E-state index contributed by atoms with van der Waals surface area (Å²) in [6.07, 6.45) is 7.25. The number of rotatable bonds is 2. The van der Waals surface area contributed by atoms with E-state index in [0.29, 0.717) is 0 Å². The van der Waals surface area contributed by atoms with E-state index in [9.17, 15) is 14.4 Å². The first-order valence-electron chi connectivity index (χ1n) is 8.13. The Morgan fingerprint density at radius 3 is 2.05 bits per heavy atom. The van der Waals surface area contributed by atoms with Gasteiger partial charge in [0.2, 0.25) is 11.8 Å². The summed E-state index contributed by atoms with van der Waals surface area (Å²) in [6, 6.07) is -0.606. The van der Waals surface area contributed by atoms with Crippen LogP contribution in [0.5, 0.6) is 0 Å². The number of hydrogen-bond donors (Lipinski definition) is 1. The highest BCUT2D eigenvalue weighted by Gasteiger charge is 2.56. The molecule has 1 saturated heterocycles. The molecule has 4 saturated carbocycles. The normalized spacial score (nSPS) is 43.2. The minimum absolute atomic E-state index is 0.0912. The fraction of sp³-hybridized carbons (Fsp3) is 0.812. The van der Waals surface area contributed by atoms with Crippen molar-refractivity contribution in [3.05, 3.63) is 0 Å². The summed E-state index contributed by atoms with van der Waals surface area (Å²) in [6.45, 7) is 2.01. The highest BCUT2D eigenvalue weighted by Crippen LogP contribution is 2.62. The van der Waals surface area contributed by atoms with Gasteiger partial charge in [0, 0.05) is 6.04 Å². The molecule has 1 atom stereocenters. The summed E-state index contributed by atoms with van der Waals surface area (Å²) < 4.78 is 0. The highest BCUT2D eigenvalue weighted by atomic mass is 16.2. The van der Waals surface area contributed by atoms with Gasteiger partial charge in [-0.15, -0.1) is 0 Å². The molecule has 4 bridgehead atoms. The number of carbonyl (C=O) groups excluding carboxylic acids is 3. The van der Waals surface area contributed by atoms with Gasteiger partial charge in [0.25, 0.3) is 0 Å². The summed E-state index contributed by atoms with van der Waals surface area (Å²) in [5, 5.41) is 2.30. The van der Waals surface area contributed by atoms with Crippen molar-refractivity contribution in [1.82, 2.24) is 10.2 Å². The molecule has 21 heavy (non-hydrogen) atoms. The predicted molar refractivity (Wildman–Crippen MR) is 75.1 cm³/mol. The maximum absolute atomic E-state index is 12.2. The predicted octanol–water partition coefficient (Wildman–Crippen LogP) is 2.06. The quantitative estimate of drug-likeness (QED) is 0.792. The average Bonchev–Trinajstić information content (AvgIpc) is 2.35. The molecule has 1 heterocycles. The molecule has 114 valence electrons. The summed E-state index contributed by atoms with van der Waals surface area (Å²) in [7, 11) is 0. The van der Waals surface area contributed by atoms with Crippen LogP contribution in [0.1, 0.15) is 51.9 Å². The van der Waals surface area contributed by atoms with E-state index in [4.69, 9.17) is 0 Å².